The molecule has 1 aromatic carbocycles. The van der Waals surface area contributed by atoms with Crippen molar-refractivity contribution in [2.45, 2.75) is 39.2 Å². The average molecular weight is 315 g/mol. The van der Waals surface area contributed by atoms with Gasteiger partial charge < -0.3 is 10.6 Å². The summed E-state index contributed by atoms with van der Waals surface area (Å²) in [5.74, 6) is -0.496. The summed E-state index contributed by atoms with van der Waals surface area (Å²) in [5, 5.41) is 5.47. The number of anilines is 1. The standard InChI is InChI=1S/C17H21N3O3/c1-10-4-7-13(8-11(10)2)18-14(21)9-20-15(22)17(3,12-5-6-12)19-16(20)23/h4,7-8,12H,5-6,9H2,1-3H3,(H,18,21)(H,19,23). The molecule has 6 heteroatoms. The van der Waals surface area contributed by atoms with Gasteiger partial charge in [-0.2, -0.15) is 0 Å². The van der Waals surface area contributed by atoms with Crippen molar-refractivity contribution in [3.8, 4) is 0 Å². The minimum Gasteiger partial charge on any atom is -0.325 e. The molecule has 2 fully saturated rings. The summed E-state index contributed by atoms with van der Waals surface area (Å²) < 4.78 is 0. The van der Waals surface area contributed by atoms with E-state index in [4.69, 9.17) is 0 Å². The molecular weight excluding hydrogens is 294 g/mol. The van der Waals surface area contributed by atoms with Gasteiger partial charge in [-0.25, -0.2) is 4.79 Å². The van der Waals surface area contributed by atoms with Crippen LogP contribution in [-0.4, -0.2) is 34.8 Å². The highest BCUT2D eigenvalue weighted by molar-refractivity contribution is 6.10. The lowest BCUT2D eigenvalue weighted by Gasteiger charge is -2.20. The van der Waals surface area contributed by atoms with E-state index < -0.39 is 11.6 Å². The number of amides is 4. The quantitative estimate of drug-likeness (QED) is 0.834. The van der Waals surface area contributed by atoms with E-state index in [-0.39, 0.29) is 24.3 Å². The van der Waals surface area contributed by atoms with Crippen LogP contribution in [0.15, 0.2) is 18.2 Å². The number of benzene rings is 1. The second-order valence-corrected chi connectivity index (χ2v) is 6.65. The van der Waals surface area contributed by atoms with Gasteiger partial charge in [-0.15, -0.1) is 0 Å². The predicted molar refractivity (Wildman–Crippen MR) is 85.9 cm³/mol. The molecule has 0 spiro atoms. The Kier molecular flexibility index (Phi) is 3.62. The van der Waals surface area contributed by atoms with Crippen LogP contribution in [0, 0.1) is 19.8 Å². The first-order valence-electron chi connectivity index (χ1n) is 7.82. The molecule has 4 amide bonds. The van der Waals surface area contributed by atoms with Crippen molar-refractivity contribution in [3.05, 3.63) is 29.3 Å². The molecule has 122 valence electrons. The maximum atomic E-state index is 12.5. The summed E-state index contributed by atoms with van der Waals surface area (Å²) in [4.78, 5) is 37.7. The summed E-state index contributed by atoms with van der Waals surface area (Å²) in [5.41, 5.74) is 2.02. The first kappa shape index (κ1) is 15.5. The Morgan fingerprint density at radius 1 is 1.30 bits per heavy atom. The summed E-state index contributed by atoms with van der Waals surface area (Å²) in [6.07, 6.45) is 1.87. The molecule has 2 aliphatic rings. The minimum absolute atomic E-state index is 0.187. The van der Waals surface area contributed by atoms with Crippen LogP contribution in [-0.2, 0) is 9.59 Å². The average Bonchev–Trinajstić information content (AvgIpc) is 3.29. The number of imide groups is 1. The molecule has 1 unspecified atom stereocenters. The Morgan fingerprint density at radius 3 is 2.61 bits per heavy atom. The number of nitrogens with one attached hydrogen (secondary N) is 2. The highest BCUT2D eigenvalue weighted by Gasteiger charge is 2.56. The Bertz CT molecular complexity index is 696. The molecule has 3 rings (SSSR count). The maximum absolute atomic E-state index is 12.5. The number of rotatable bonds is 4. The van der Waals surface area contributed by atoms with E-state index in [2.05, 4.69) is 10.6 Å². The largest absolute Gasteiger partial charge is 0.325 e. The number of hydrogen-bond acceptors (Lipinski definition) is 3. The van der Waals surface area contributed by atoms with Crippen LogP contribution in [0.1, 0.15) is 30.9 Å². The molecule has 1 aliphatic heterocycles. The van der Waals surface area contributed by atoms with Gasteiger partial charge in [0.2, 0.25) is 5.91 Å². The van der Waals surface area contributed by atoms with Crippen LogP contribution in [0.3, 0.4) is 0 Å². The third kappa shape index (κ3) is 2.81. The number of carbonyl (C=O) groups excluding carboxylic acids is 3. The second kappa shape index (κ2) is 5.37. The van der Waals surface area contributed by atoms with Crippen LogP contribution >= 0.6 is 0 Å². The van der Waals surface area contributed by atoms with Gasteiger partial charge in [0.05, 0.1) is 0 Å². The van der Waals surface area contributed by atoms with Gasteiger partial charge >= 0.3 is 6.03 Å². The van der Waals surface area contributed by atoms with Gasteiger partial charge in [-0.05, 0) is 62.8 Å². The SMILES string of the molecule is Cc1ccc(NC(=O)CN2C(=O)NC(C)(C3CC3)C2=O)cc1C. The summed E-state index contributed by atoms with van der Waals surface area (Å²) in [7, 11) is 0. The van der Waals surface area contributed by atoms with E-state index in [1.165, 1.54) is 0 Å². The molecule has 0 radical (unpaired) electrons. The minimum atomic E-state index is -0.849. The Morgan fingerprint density at radius 2 is 2.00 bits per heavy atom. The highest BCUT2D eigenvalue weighted by Crippen LogP contribution is 2.42. The van der Waals surface area contributed by atoms with Crippen LogP contribution in [0.5, 0.6) is 0 Å². The van der Waals surface area contributed by atoms with Crippen LogP contribution in [0.2, 0.25) is 0 Å². The van der Waals surface area contributed by atoms with Gasteiger partial charge in [0.1, 0.15) is 12.1 Å². The number of urea groups is 1. The molecule has 0 bridgehead atoms. The molecule has 1 aliphatic carbocycles. The summed E-state index contributed by atoms with van der Waals surface area (Å²) in [6.45, 7) is 5.43. The zero-order valence-electron chi connectivity index (χ0n) is 13.6. The van der Waals surface area contributed by atoms with Crippen LogP contribution < -0.4 is 10.6 Å². The van der Waals surface area contributed by atoms with Gasteiger partial charge in [0.15, 0.2) is 0 Å². The summed E-state index contributed by atoms with van der Waals surface area (Å²) >= 11 is 0. The van der Waals surface area contributed by atoms with Gasteiger partial charge in [-0.3, -0.25) is 14.5 Å². The predicted octanol–water partition coefficient (Wildman–Crippen LogP) is 1.96. The van der Waals surface area contributed by atoms with E-state index in [0.717, 1.165) is 28.9 Å². The van der Waals surface area contributed by atoms with Crippen molar-refractivity contribution in [1.82, 2.24) is 10.2 Å². The van der Waals surface area contributed by atoms with Crippen molar-refractivity contribution in [1.29, 1.82) is 0 Å². The van der Waals surface area contributed by atoms with E-state index in [9.17, 15) is 14.4 Å². The molecule has 1 saturated heterocycles. The number of aryl methyl sites for hydroxylation is 2. The molecule has 1 atom stereocenters. The van der Waals surface area contributed by atoms with Crippen molar-refractivity contribution < 1.29 is 14.4 Å². The number of hydrogen-bond donors (Lipinski definition) is 2. The monoisotopic (exact) mass is 315 g/mol. The van der Waals surface area contributed by atoms with Crippen molar-refractivity contribution in [2.75, 3.05) is 11.9 Å². The lowest BCUT2D eigenvalue weighted by Crippen LogP contribution is -2.46. The fourth-order valence-corrected chi connectivity index (χ4v) is 2.96. The molecule has 23 heavy (non-hydrogen) atoms. The van der Waals surface area contributed by atoms with Crippen molar-refractivity contribution >= 4 is 23.5 Å². The number of carbonyl (C=O) groups is 3. The van der Waals surface area contributed by atoms with Crippen molar-refractivity contribution in [3.63, 3.8) is 0 Å². The fraction of sp³-hybridized carbons (Fsp3) is 0.471. The van der Waals surface area contributed by atoms with E-state index >= 15 is 0 Å². The maximum Gasteiger partial charge on any atom is 0.325 e. The Labute approximate surface area is 135 Å². The molecule has 0 aromatic heterocycles. The molecule has 1 saturated carbocycles. The van der Waals surface area contributed by atoms with Crippen molar-refractivity contribution in [2.24, 2.45) is 5.92 Å². The zero-order valence-corrected chi connectivity index (χ0v) is 13.6. The first-order valence-corrected chi connectivity index (χ1v) is 7.82. The first-order chi connectivity index (χ1) is 10.8. The Hall–Kier alpha value is -2.37. The third-order valence-corrected chi connectivity index (χ3v) is 4.79. The molecular formula is C17H21N3O3. The Balaban J connectivity index is 1.66. The van der Waals surface area contributed by atoms with Gasteiger partial charge in [-0.1, -0.05) is 6.07 Å². The third-order valence-electron chi connectivity index (χ3n) is 4.79. The van der Waals surface area contributed by atoms with E-state index in [0.29, 0.717) is 5.69 Å². The summed E-state index contributed by atoms with van der Waals surface area (Å²) in [6, 6.07) is 5.11. The molecule has 6 nitrogen and oxygen atoms in total. The highest BCUT2D eigenvalue weighted by atomic mass is 16.2. The molecule has 2 N–H and O–H groups in total. The van der Waals surface area contributed by atoms with Gasteiger partial charge in [0, 0.05) is 5.69 Å². The normalized spacial score (nSPS) is 23.9. The number of nitrogens with zero attached hydrogens (tertiary/aromatic N) is 1. The zero-order chi connectivity index (χ0) is 16.8. The van der Waals surface area contributed by atoms with E-state index in [1.807, 2.05) is 26.0 Å². The lowest BCUT2D eigenvalue weighted by atomic mass is 9.96. The topological polar surface area (TPSA) is 78.5 Å². The van der Waals surface area contributed by atoms with Crippen LogP contribution in [0.25, 0.3) is 0 Å². The van der Waals surface area contributed by atoms with E-state index in [1.54, 1.807) is 13.0 Å². The fourth-order valence-electron chi connectivity index (χ4n) is 2.96. The smallest absolute Gasteiger partial charge is 0.325 e. The lowest BCUT2D eigenvalue weighted by molar-refractivity contribution is -0.134. The van der Waals surface area contributed by atoms with Crippen LogP contribution in [0.4, 0.5) is 10.5 Å². The molecule has 1 heterocycles. The second-order valence-electron chi connectivity index (χ2n) is 6.65. The van der Waals surface area contributed by atoms with Gasteiger partial charge in [0.25, 0.3) is 5.91 Å². The molecule has 1 aromatic rings.